The summed E-state index contributed by atoms with van der Waals surface area (Å²) in [6.07, 6.45) is 10.3. The number of unbranched alkanes of at least 4 members (excludes halogenated alkanes) is 7. The van der Waals surface area contributed by atoms with Gasteiger partial charge in [0.1, 0.15) is 24.4 Å². The molecule has 1 radical (unpaired) electrons. The summed E-state index contributed by atoms with van der Waals surface area (Å²) >= 11 is 0.897. The highest BCUT2D eigenvalue weighted by Crippen LogP contribution is 2.28. The Morgan fingerprint density at radius 2 is 1.90 bits per heavy atom. The minimum atomic E-state index is -0.904. The van der Waals surface area contributed by atoms with Gasteiger partial charge in [-0.1, -0.05) is 69.8 Å². The number of hydrogen-bond acceptors (Lipinski definition) is 7. The van der Waals surface area contributed by atoms with Crippen molar-refractivity contribution in [1.29, 1.82) is 1.34 Å². The van der Waals surface area contributed by atoms with Gasteiger partial charge in [-0.25, -0.2) is 0 Å². The molecule has 0 aromatic heterocycles. The topological polar surface area (TPSA) is 69.5 Å². The Morgan fingerprint density at radius 1 is 1.20 bits per heavy atom. The molecule has 1 N–H and O–H groups in total. The van der Waals surface area contributed by atoms with Crippen LogP contribution in [0.15, 0.2) is 17.3 Å². The number of allylic oxidation sites excluding steroid dienone is 1. The van der Waals surface area contributed by atoms with Crippen molar-refractivity contribution in [3.63, 3.8) is 0 Å². The summed E-state index contributed by atoms with van der Waals surface area (Å²) in [5, 5.41) is 10.9. The molecule has 0 spiro atoms. The van der Waals surface area contributed by atoms with Crippen LogP contribution in [0.2, 0.25) is 0 Å². The first-order chi connectivity index (χ1) is 15.0. The lowest BCUT2D eigenvalue weighted by Crippen LogP contribution is -2.59. The standard InChI is InChI=1S/C22H41BNO5S/c1-5-7-8-9-10-11-12-13-15-26-21-19(24-17(3)4)22(27-14-6-2)29-18(20(21)25)16-28-30-23/h6,14,18-23,25H,5,7-13,15-16H2,1-4H3/b14-6-/t18-,19-,20-,21-,22+/m1/s1/i23T. The minimum Gasteiger partial charge on any atom is -0.470 e. The molecular weight excluding hydrogens is 401 g/mol. The van der Waals surface area contributed by atoms with E-state index in [-0.39, 0.29) is 6.61 Å². The number of hydrogen-bond donors (Lipinski definition) is 1. The van der Waals surface area contributed by atoms with E-state index < -0.39 is 30.6 Å². The van der Waals surface area contributed by atoms with Gasteiger partial charge in [0.25, 0.3) is 0 Å². The lowest BCUT2D eigenvalue weighted by atomic mass is 9.97. The second-order valence-corrected chi connectivity index (χ2v) is 8.33. The largest absolute Gasteiger partial charge is 0.470 e. The van der Waals surface area contributed by atoms with Crippen LogP contribution in [0.1, 0.15) is 79.1 Å². The summed E-state index contributed by atoms with van der Waals surface area (Å²) in [7, 11) is 1.09. The zero-order chi connectivity index (χ0) is 22.9. The number of rotatable bonds is 17. The van der Waals surface area contributed by atoms with Gasteiger partial charge in [0.05, 0.1) is 12.9 Å². The molecule has 0 saturated carbocycles. The summed E-state index contributed by atoms with van der Waals surface area (Å²) in [4.78, 5) is 4.66. The van der Waals surface area contributed by atoms with Crippen molar-refractivity contribution in [2.75, 3.05) is 13.2 Å². The van der Waals surface area contributed by atoms with Gasteiger partial charge in [-0.05, 0) is 28.5 Å². The van der Waals surface area contributed by atoms with Crippen molar-refractivity contribution in [2.45, 2.75) is 110 Å². The first-order valence-electron chi connectivity index (χ1n) is 11.8. The molecule has 1 rings (SSSR count). The summed E-state index contributed by atoms with van der Waals surface area (Å²) in [6, 6.07) is -0.475. The van der Waals surface area contributed by atoms with Gasteiger partial charge in [-0.3, -0.25) is 4.99 Å². The van der Waals surface area contributed by atoms with Crippen molar-refractivity contribution in [2.24, 2.45) is 4.99 Å². The van der Waals surface area contributed by atoms with E-state index in [1.165, 1.54) is 38.5 Å². The van der Waals surface area contributed by atoms with Crippen molar-refractivity contribution in [3.8, 4) is 0 Å². The van der Waals surface area contributed by atoms with Gasteiger partial charge in [0.2, 0.25) is 13.4 Å². The Kier molecular flexibility index (Phi) is 14.6. The molecule has 173 valence electrons. The number of aliphatic hydroxyl groups is 1. The van der Waals surface area contributed by atoms with E-state index in [0.717, 1.165) is 37.5 Å². The molecular formula is C22H41BNO5S. The van der Waals surface area contributed by atoms with Crippen LogP contribution in [0.25, 0.3) is 0 Å². The van der Waals surface area contributed by atoms with Gasteiger partial charge in [0.15, 0.2) is 0 Å². The van der Waals surface area contributed by atoms with Crippen LogP contribution in [0, 0.1) is 0 Å². The molecule has 1 heterocycles. The summed E-state index contributed by atoms with van der Waals surface area (Å²) in [6.45, 7) is 8.59. The van der Waals surface area contributed by atoms with Gasteiger partial charge in [-0.15, -0.1) is 0 Å². The van der Waals surface area contributed by atoms with E-state index in [1.807, 2.05) is 20.8 Å². The quantitative estimate of drug-likeness (QED) is 0.117. The molecule has 8 heteroatoms. The van der Waals surface area contributed by atoms with Crippen LogP contribution in [-0.4, -0.2) is 63.1 Å². The average Bonchev–Trinajstić information content (AvgIpc) is 2.74. The normalized spacial score (nSPS) is 27.1. The highest BCUT2D eigenvalue weighted by Gasteiger charge is 2.47. The molecule has 0 aromatic carbocycles. The summed E-state index contributed by atoms with van der Waals surface area (Å²) in [5.41, 5.74) is 0.865. The molecule has 30 heavy (non-hydrogen) atoms. The molecule has 1 fully saturated rings. The Hall–Kier alpha value is -0.535. The van der Waals surface area contributed by atoms with Gasteiger partial charge in [0, 0.05) is 12.3 Å². The van der Waals surface area contributed by atoms with Crippen LogP contribution >= 0.6 is 11.9 Å². The minimum absolute atomic E-state index is 0.121. The number of ether oxygens (including phenoxy) is 3. The van der Waals surface area contributed by atoms with Crippen LogP contribution in [0.3, 0.4) is 0 Å². The molecule has 0 aromatic rings. The maximum atomic E-state index is 10.9. The van der Waals surface area contributed by atoms with E-state index in [2.05, 4.69) is 11.9 Å². The van der Waals surface area contributed by atoms with Crippen molar-refractivity contribution in [1.82, 2.24) is 0 Å². The number of nitrogens with zero attached hydrogens (tertiary/aromatic N) is 1. The van der Waals surface area contributed by atoms with E-state index in [0.29, 0.717) is 6.61 Å². The maximum Gasteiger partial charge on any atom is 0.224 e. The van der Waals surface area contributed by atoms with E-state index in [9.17, 15) is 5.11 Å². The van der Waals surface area contributed by atoms with Crippen LogP contribution in [0.4, 0.5) is 0 Å². The zero-order valence-corrected chi connectivity index (χ0v) is 19.9. The Bertz CT molecular complexity index is 510. The lowest BCUT2D eigenvalue weighted by molar-refractivity contribution is -0.256. The Morgan fingerprint density at radius 3 is 2.53 bits per heavy atom. The highest BCUT2D eigenvalue weighted by molar-refractivity contribution is 8.15. The van der Waals surface area contributed by atoms with Crippen molar-refractivity contribution < 1.29 is 23.5 Å². The van der Waals surface area contributed by atoms with E-state index in [4.69, 9.17) is 19.7 Å². The third-order valence-electron chi connectivity index (χ3n) is 5.01. The molecule has 1 aliphatic rings. The first-order valence-corrected chi connectivity index (χ1v) is 12.1. The van der Waals surface area contributed by atoms with Crippen LogP contribution in [-0.2, 0) is 18.4 Å². The highest BCUT2D eigenvalue weighted by atomic mass is 32.2. The smallest absolute Gasteiger partial charge is 0.224 e. The summed E-state index contributed by atoms with van der Waals surface area (Å²) in [5.74, 6) is 0. The maximum absolute atomic E-state index is 10.9. The number of aliphatic hydroxyl groups excluding tert-OH is 1. The van der Waals surface area contributed by atoms with Crippen molar-refractivity contribution >= 4 is 24.7 Å². The van der Waals surface area contributed by atoms with E-state index in [1.54, 1.807) is 12.3 Å². The SMILES string of the molecule is [3H][B]SOC[C@H]1O[C@H](O/C=C\C)[C@H](N=C(C)C)[C@@H](OCCCCCCCCCC)[C@@H]1O. The molecule has 1 saturated heterocycles. The predicted octanol–water partition coefficient (Wildman–Crippen LogP) is 4.48. The summed E-state index contributed by atoms with van der Waals surface area (Å²) < 4.78 is 30.3. The van der Waals surface area contributed by atoms with Gasteiger partial charge in [-0.2, -0.15) is 0 Å². The Balaban J connectivity index is 2.67. The molecule has 1 aliphatic heterocycles. The average molecular weight is 444 g/mol. The Labute approximate surface area is 190 Å². The molecule has 5 atom stereocenters. The molecule has 6 nitrogen and oxygen atoms in total. The molecule has 0 aliphatic carbocycles. The van der Waals surface area contributed by atoms with Gasteiger partial charge < -0.3 is 23.5 Å². The monoisotopic (exact) mass is 444 g/mol. The second kappa shape index (κ2) is 17.1. The number of aliphatic imine (C=N–C) groups is 1. The first kappa shape index (κ1) is 25.7. The molecule has 0 amide bonds. The fourth-order valence-electron chi connectivity index (χ4n) is 3.50. The van der Waals surface area contributed by atoms with Crippen LogP contribution < -0.4 is 0 Å². The third-order valence-corrected chi connectivity index (χ3v) is 5.28. The third kappa shape index (κ3) is 10.7. The zero-order valence-electron chi connectivity index (χ0n) is 20.1. The van der Waals surface area contributed by atoms with Crippen molar-refractivity contribution in [3.05, 3.63) is 12.3 Å². The fourth-order valence-corrected chi connectivity index (χ4v) is 3.71. The van der Waals surface area contributed by atoms with E-state index >= 15 is 0 Å². The molecule has 0 unspecified atom stereocenters. The predicted molar refractivity (Wildman–Crippen MR) is 126 cm³/mol. The van der Waals surface area contributed by atoms with Gasteiger partial charge >= 0.3 is 0 Å². The molecule has 0 bridgehead atoms. The fraction of sp³-hybridized carbons (Fsp3) is 0.864. The lowest BCUT2D eigenvalue weighted by Gasteiger charge is -2.42. The second-order valence-electron chi connectivity index (χ2n) is 7.90. The van der Waals surface area contributed by atoms with Crippen LogP contribution in [0.5, 0.6) is 0 Å².